The summed E-state index contributed by atoms with van der Waals surface area (Å²) in [6.45, 7) is 7.54. The van der Waals surface area contributed by atoms with Crippen molar-refractivity contribution in [2.24, 2.45) is 0 Å². The van der Waals surface area contributed by atoms with Crippen LogP contribution in [0.4, 0.5) is 0 Å². The van der Waals surface area contributed by atoms with Gasteiger partial charge in [-0.15, -0.1) is 0 Å². The Morgan fingerprint density at radius 2 is 1.84 bits per heavy atom. The van der Waals surface area contributed by atoms with E-state index in [9.17, 15) is 9.59 Å². The van der Waals surface area contributed by atoms with Crippen molar-refractivity contribution in [2.75, 3.05) is 6.61 Å². The maximum Gasteiger partial charge on any atom is 0.375 e. The number of rotatable bonds is 7. The maximum absolute atomic E-state index is 12.8. The molecule has 0 amide bonds. The second kappa shape index (κ2) is 9.56. The first-order valence-corrected chi connectivity index (χ1v) is 10.8. The highest BCUT2D eigenvalue weighted by Gasteiger charge is 2.26. The topological polar surface area (TPSA) is 75.0 Å². The molecule has 7 heteroatoms. The van der Waals surface area contributed by atoms with Crippen molar-refractivity contribution < 1.29 is 28.2 Å². The first-order chi connectivity index (χ1) is 14.7. The van der Waals surface area contributed by atoms with Crippen LogP contribution in [-0.4, -0.2) is 24.1 Å². The molecule has 0 aliphatic heterocycles. The largest absolute Gasteiger partial charge is 0.488 e. The number of ether oxygens (including phenoxy) is 3. The van der Waals surface area contributed by atoms with Gasteiger partial charge in [-0.1, -0.05) is 34.1 Å². The molecule has 0 atom stereocenters. The van der Waals surface area contributed by atoms with Crippen LogP contribution in [0.15, 0.2) is 51.4 Å². The molecule has 0 saturated heterocycles. The summed E-state index contributed by atoms with van der Waals surface area (Å²) in [5.74, 6) is -0.246. The molecule has 3 aromatic rings. The fourth-order valence-corrected chi connectivity index (χ4v) is 3.42. The smallest absolute Gasteiger partial charge is 0.375 e. The Labute approximate surface area is 189 Å². The van der Waals surface area contributed by atoms with Crippen molar-refractivity contribution in [3.63, 3.8) is 0 Å². The van der Waals surface area contributed by atoms with Gasteiger partial charge in [-0.3, -0.25) is 4.79 Å². The van der Waals surface area contributed by atoms with Gasteiger partial charge in [0, 0.05) is 15.4 Å². The van der Waals surface area contributed by atoms with Crippen molar-refractivity contribution in [1.29, 1.82) is 0 Å². The highest BCUT2D eigenvalue weighted by molar-refractivity contribution is 9.10. The average Bonchev–Trinajstić information content (AvgIpc) is 3.04. The molecule has 1 heterocycles. The third kappa shape index (κ3) is 5.88. The Kier molecular flexibility index (Phi) is 7.05. The van der Waals surface area contributed by atoms with Gasteiger partial charge < -0.3 is 18.6 Å². The van der Waals surface area contributed by atoms with Gasteiger partial charge in [0.1, 0.15) is 23.5 Å². The highest BCUT2D eigenvalue weighted by atomic mass is 79.9. The summed E-state index contributed by atoms with van der Waals surface area (Å²) in [7, 11) is 0. The van der Waals surface area contributed by atoms with Gasteiger partial charge in [0.15, 0.2) is 0 Å². The van der Waals surface area contributed by atoms with E-state index in [1.807, 2.05) is 30.3 Å². The van der Waals surface area contributed by atoms with Crippen LogP contribution in [0.1, 0.15) is 49.4 Å². The van der Waals surface area contributed by atoms with Gasteiger partial charge in [0.05, 0.1) is 18.6 Å². The number of halogens is 1. The summed E-state index contributed by atoms with van der Waals surface area (Å²) < 4.78 is 23.3. The number of fused-ring (bicyclic) bond motifs is 1. The van der Waals surface area contributed by atoms with Gasteiger partial charge in [-0.05, 0) is 52.0 Å². The quantitative estimate of drug-likeness (QED) is 0.389. The zero-order valence-corrected chi connectivity index (χ0v) is 19.6. The summed E-state index contributed by atoms with van der Waals surface area (Å²) in [6, 6.07) is 12.7. The van der Waals surface area contributed by atoms with Gasteiger partial charge in [0.2, 0.25) is 5.76 Å². The fraction of sp³-hybridized carbons (Fsp3) is 0.333. The number of carbonyl (C=O) groups is 2. The van der Waals surface area contributed by atoms with Gasteiger partial charge in [-0.2, -0.15) is 0 Å². The zero-order chi connectivity index (χ0) is 22.6. The van der Waals surface area contributed by atoms with Crippen molar-refractivity contribution in [2.45, 2.75) is 46.3 Å². The number of hydrogen-bond acceptors (Lipinski definition) is 6. The lowest BCUT2D eigenvalue weighted by Crippen LogP contribution is -2.24. The molecule has 164 valence electrons. The molecule has 0 unspecified atom stereocenters. The lowest BCUT2D eigenvalue weighted by Gasteiger charge is -2.19. The van der Waals surface area contributed by atoms with E-state index in [2.05, 4.69) is 15.9 Å². The highest BCUT2D eigenvalue weighted by Crippen LogP contribution is 2.31. The van der Waals surface area contributed by atoms with E-state index in [0.29, 0.717) is 29.1 Å². The normalized spacial score (nSPS) is 11.4. The van der Waals surface area contributed by atoms with Crippen LogP contribution < -0.4 is 4.74 Å². The summed E-state index contributed by atoms with van der Waals surface area (Å²) in [6.07, 6.45) is 0.0978. The number of benzene rings is 2. The minimum atomic E-state index is -0.666. The molecule has 3 rings (SSSR count). The SMILES string of the molecule is CCOC(=O)Cc1ccccc1OCc1c(C(=O)OC(C)(C)C)oc2ccc(Br)cc12. The molecule has 0 spiro atoms. The monoisotopic (exact) mass is 488 g/mol. The molecule has 0 saturated carbocycles. The third-order valence-corrected chi connectivity index (χ3v) is 4.82. The van der Waals surface area contributed by atoms with E-state index in [-0.39, 0.29) is 24.8 Å². The molecule has 0 N–H and O–H groups in total. The van der Waals surface area contributed by atoms with E-state index >= 15 is 0 Å². The Bertz CT molecular complexity index is 1090. The average molecular weight is 489 g/mol. The summed E-state index contributed by atoms with van der Waals surface area (Å²) in [5.41, 5.74) is 1.17. The van der Waals surface area contributed by atoms with Crippen LogP contribution in [0.2, 0.25) is 0 Å². The molecule has 0 aliphatic rings. The van der Waals surface area contributed by atoms with Crippen LogP contribution >= 0.6 is 15.9 Å². The Morgan fingerprint density at radius 3 is 2.55 bits per heavy atom. The second-order valence-corrected chi connectivity index (χ2v) is 8.85. The van der Waals surface area contributed by atoms with Crippen LogP contribution in [0.3, 0.4) is 0 Å². The number of esters is 2. The lowest BCUT2D eigenvalue weighted by atomic mass is 10.1. The molecule has 0 aliphatic carbocycles. The van der Waals surface area contributed by atoms with Crippen molar-refractivity contribution in [3.05, 3.63) is 63.8 Å². The standard InChI is InChI=1S/C24H25BrO6/c1-5-28-21(26)12-15-8-6-7-9-19(15)29-14-18-17-13-16(25)10-11-20(17)30-22(18)23(27)31-24(2,3)4/h6-11,13H,5,12,14H2,1-4H3. The molecular formula is C24H25BrO6. The Morgan fingerprint density at radius 1 is 1.10 bits per heavy atom. The Balaban J connectivity index is 1.93. The zero-order valence-electron chi connectivity index (χ0n) is 18.0. The summed E-state index contributed by atoms with van der Waals surface area (Å²) >= 11 is 3.46. The minimum Gasteiger partial charge on any atom is -0.488 e. The van der Waals surface area contributed by atoms with Crippen LogP contribution in [0.25, 0.3) is 11.0 Å². The fourth-order valence-electron chi connectivity index (χ4n) is 3.06. The molecular weight excluding hydrogens is 464 g/mol. The van der Waals surface area contributed by atoms with Crippen LogP contribution in [0.5, 0.6) is 5.75 Å². The maximum atomic E-state index is 12.8. The third-order valence-electron chi connectivity index (χ3n) is 4.32. The predicted molar refractivity (Wildman–Crippen MR) is 120 cm³/mol. The Hall–Kier alpha value is -2.80. The van der Waals surface area contributed by atoms with E-state index in [1.54, 1.807) is 39.8 Å². The van der Waals surface area contributed by atoms with Crippen LogP contribution in [0, 0.1) is 0 Å². The first kappa shape index (κ1) is 22.9. The molecule has 1 aromatic heterocycles. The predicted octanol–water partition coefficient (Wildman–Crippen LogP) is 5.84. The molecule has 2 aromatic carbocycles. The van der Waals surface area contributed by atoms with E-state index in [0.717, 1.165) is 9.86 Å². The molecule has 31 heavy (non-hydrogen) atoms. The van der Waals surface area contributed by atoms with E-state index in [4.69, 9.17) is 18.6 Å². The van der Waals surface area contributed by atoms with Gasteiger partial charge in [0.25, 0.3) is 0 Å². The number of hydrogen-bond donors (Lipinski definition) is 0. The second-order valence-electron chi connectivity index (χ2n) is 7.93. The number of furan rings is 1. The van der Waals surface area contributed by atoms with Crippen molar-refractivity contribution >= 4 is 38.8 Å². The molecule has 0 bridgehead atoms. The van der Waals surface area contributed by atoms with Crippen LogP contribution in [-0.2, 0) is 27.3 Å². The summed E-state index contributed by atoms with van der Waals surface area (Å²) in [5, 5.41) is 0.748. The van der Waals surface area contributed by atoms with E-state index < -0.39 is 11.6 Å². The minimum absolute atomic E-state index is 0.0673. The van der Waals surface area contributed by atoms with Crippen molar-refractivity contribution in [1.82, 2.24) is 0 Å². The first-order valence-electron chi connectivity index (χ1n) is 9.98. The lowest BCUT2D eigenvalue weighted by molar-refractivity contribution is -0.142. The molecule has 0 fully saturated rings. The molecule has 6 nitrogen and oxygen atoms in total. The van der Waals surface area contributed by atoms with Gasteiger partial charge >= 0.3 is 11.9 Å². The number of para-hydroxylation sites is 1. The van der Waals surface area contributed by atoms with E-state index in [1.165, 1.54) is 0 Å². The number of carbonyl (C=O) groups excluding carboxylic acids is 2. The van der Waals surface area contributed by atoms with Gasteiger partial charge in [-0.25, -0.2) is 4.79 Å². The van der Waals surface area contributed by atoms with Crippen molar-refractivity contribution in [3.8, 4) is 5.75 Å². The summed E-state index contributed by atoms with van der Waals surface area (Å²) in [4.78, 5) is 24.7. The molecule has 0 radical (unpaired) electrons.